The summed E-state index contributed by atoms with van der Waals surface area (Å²) in [5.41, 5.74) is 8.28. The minimum atomic E-state index is 1.00. The number of unbranched alkanes of at least 4 members (excludes halogenated alkanes) is 3. The normalized spacial score (nSPS) is 10.9. The van der Waals surface area contributed by atoms with Crippen molar-refractivity contribution in [2.75, 3.05) is 0 Å². The van der Waals surface area contributed by atoms with Crippen LogP contribution in [0.1, 0.15) is 54.9 Å². The quantitative estimate of drug-likeness (QED) is 0.143. The summed E-state index contributed by atoms with van der Waals surface area (Å²) in [6.07, 6.45) is 6.80. The standard InChI is InChI=1S/C32H31N/c1-2-3-4-14-25-33-30-23-21-29(22-24-30)32(28-19-12-7-13-20-28)31(26-15-8-5-9-16-26)27-17-10-6-11-18-27/h5-13,15-25H,2-4,14H2,1H3. The second-order valence-electron chi connectivity index (χ2n) is 8.20. The molecule has 164 valence electrons. The van der Waals surface area contributed by atoms with E-state index in [0.29, 0.717) is 0 Å². The van der Waals surface area contributed by atoms with E-state index in [4.69, 9.17) is 0 Å². The van der Waals surface area contributed by atoms with Crippen LogP contribution in [0.4, 0.5) is 5.69 Å². The molecule has 0 spiro atoms. The van der Waals surface area contributed by atoms with Gasteiger partial charge in [-0.2, -0.15) is 0 Å². The first kappa shape index (κ1) is 22.5. The first-order valence-electron chi connectivity index (χ1n) is 11.9. The summed E-state index contributed by atoms with van der Waals surface area (Å²) in [4.78, 5) is 4.67. The van der Waals surface area contributed by atoms with E-state index in [-0.39, 0.29) is 0 Å². The lowest BCUT2D eigenvalue weighted by Gasteiger charge is -2.18. The molecule has 0 aliphatic carbocycles. The Morgan fingerprint density at radius 3 is 1.39 bits per heavy atom. The van der Waals surface area contributed by atoms with Crippen molar-refractivity contribution in [3.8, 4) is 0 Å². The van der Waals surface area contributed by atoms with E-state index < -0.39 is 0 Å². The SMILES string of the molecule is CCCCCC=Nc1ccc(C(=C(c2ccccc2)c2ccccc2)c2ccccc2)cc1. The number of hydrogen-bond acceptors (Lipinski definition) is 1. The van der Waals surface area contributed by atoms with Crippen LogP contribution in [-0.2, 0) is 0 Å². The van der Waals surface area contributed by atoms with Crippen molar-refractivity contribution in [1.29, 1.82) is 0 Å². The Hall–Kier alpha value is -3.71. The molecule has 4 aromatic rings. The molecule has 0 atom stereocenters. The summed E-state index contributed by atoms with van der Waals surface area (Å²) in [6, 6.07) is 40.7. The molecular weight excluding hydrogens is 398 g/mol. The number of rotatable bonds is 9. The average molecular weight is 430 g/mol. The Morgan fingerprint density at radius 2 is 0.970 bits per heavy atom. The highest BCUT2D eigenvalue weighted by atomic mass is 14.7. The zero-order valence-electron chi connectivity index (χ0n) is 19.3. The lowest BCUT2D eigenvalue weighted by molar-refractivity contribution is 0.746. The van der Waals surface area contributed by atoms with Gasteiger partial charge in [-0.1, -0.05) is 123 Å². The average Bonchev–Trinajstić information content (AvgIpc) is 2.89. The maximum absolute atomic E-state index is 4.67. The van der Waals surface area contributed by atoms with E-state index in [1.807, 2.05) is 0 Å². The van der Waals surface area contributed by atoms with Crippen molar-refractivity contribution in [3.05, 3.63) is 138 Å². The summed E-state index contributed by atoms with van der Waals surface area (Å²) in [7, 11) is 0. The van der Waals surface area contributed by atoms with Crippen LogP contribution < -0.4 is 0 Å². The Bertz CT molecular complexity index is 1130. The highest BCUT2D eigenvalue weighted by molar-refractivity contribution is 6.04. The topological polar surface area (TPSA) is 12.4 Å². The molecule has 0 saturated carbocycles. The van der Waals surface area contributed by atoms with Gasteiger partial charge in [-0.15, -0.1) is 0 Å². The Balaban J connectivity index is 1.82. The monoisotopic (exact) mass is 429 g/mol. The van der Waals surface area contributed by atoms with Gasteiger partial charge in [0.1, 0.15) is 0 Å². The molecule has 0 amide bonds. The van der Waals surface area contributed by atoms with E-state index in [2.05, 4.69) is 133 Å². The molecule has 0 bridgehead atoms. The van der Waals surface area contributed by atoms with E-state index in [1.165, 1.54) is 52.7 Å². The molecule has 0 aliphatic heterocycles. The highest BCUT2D eigenvalue weighted by Crippen LogP contribution is 2.37. The third-order valence-electron chi connectivity index (χ3n) is 5.77. The minimum Gasteiger partial charge on any atom is -0.261 e. The van der Waals surface area contributed by atoms with Crippen LogP contribution in [0.25, 0.3) is 11.1 Å². The summed E-state index contributed by atoms with van der Waals surface area (Å²) in [5.74, 6) is 0. The maximum Gasteiger partial charge on any atom is 0.0626 e. The van der Waals surface area contributed by atoms with E-state index in [0.717, 1.165) is 12.1 Å². The molecule has 4 aromatic carbocycles. The lowest BCUT2D eigenvalue weighted by atomic mass is 9.86. The number of benzene rings is 4. The van der Waals surface area contributed by atoms with Crippen LogP contribution in [-0.4, -0.2) is 6.21 Å². The van der Waals surface area contributed by atoms with Gasteiger partial charge in [0.05, 0.1) is 5.69 Å². The fourth-order valence-electron chi connectivity index (χ4n) is 4.09. The zero-order chi connectivity index (χ0) is 22.7. The van der Waals surface area contributed by atoms with Crippen molar-refractivity contribution in [1.82, 2.24) is 0 Å². The Morgan fingerprint density at radius 1 is 0.545 bits per heavy atom. The van der Waals surface area contributed by atoms with Gasteiger partial charge < -0.3 is 0 Å². The molecule has 0 aromatic heterocycles. The fourth-order valence-corrected chi connectivity index (χ4v) is 4.09. The third kappa shape index (κ3) is 5.96. The largest absolute Gasteiger partial charge is 0.261 e. The third-order valence-corrected chi connectivity index (χ3v) is 5.77. The molecule has 0 heterocycles. The molecule has 4 rings (SSSR count). The molecule has 0 saturated heterocycles. The number of hydrogen-bond donors (Lipinski definition) is 0. The van der Waals surface area contributed by atoms with Gasteiger partial charge in [0.25, 0.3) is 0 Å². The van der Waals surface area contributed by atoms with Gasteiger partial charge in [0, 0.05) is 6.21 Å². The van der Waals surface area contributed by atoms with Crippen LogP contribution in [0.2, 0.25) is 0 Å². The molecule has 33 heavy (non-hydrogen) atoms. The van der Waals surface area contributed by atoms with Crippen molar-refractivity contribution in [2.24, 2.45) is 4.99 Å². The van der Waals surface area contributed by atoms with Gasteiger partial charge in [-0.3, -0.25) is 4.99 Å². The fraction of sp³-hybridized carbons (Fsp3) is 0.156. The number of aliphatic imine (C=N–C) groups is 1. The van der Waals surface area contributed by atoms with E-state index in [9.17, 15) is 0 Å². The highest BCUT2D eigenvalue weighted by Gasteiger charge is 2.15. The van der Waals surface area contributed by atoms with Crippen molar-refractivity contribution in [2.45, 2.75) is 32.6 Å². The maximum atomic E-state index is 4.67. The van der Waals surface area contributed by atoms with E-state index >= 15 is 0 Å². The second-order valence-corrected chi connectivity index (χ2v) is 8.20. The molecule has 0 N–H and O–H groups in total. The van der Waals surface area contributed by atoms with Crippen molar-refractivity contribution >= 4 is 23.0 Å². The van der Waals surface area contributed by atoms with Gasteiger partial charge in [-0.05, 0) is 58.4 Å². The molecule has 1 nitrogen and oxygen atoms in total. The smallest absolute Gasteiger partial charge is 0.0626 e. The van der Waals surface area contributed by atoms with Crippen LogP contribution >= 0.6 is 0 Å². The first-order chi connectivity index (χ1) is 16.4. The first-order valence-corrected chi connectivity index (χ1v) is 11.9. The van der Waals surface area contributed by atoms with Crippen molar-refractivity contribution < 1.29 is 0 Å². The molecule has 0 aliphatic rings. The number of nitrogens with zero attached hydrogens (tertiary/aromatic N) is 1. The van der Waals surface area contributed by atoms with Crippen LogP contribution in [0.5, 0.6) is 0 Å². The Labute approximate surface area is 198 Å². The predicted molar refractivity (Wildman–Crippen MR) is 143 cm³/mol. The van der Waals surface area contributed by atoms with Crippen molar-refractivity contribution in [3.63, 3.8) is 0 Å². The molecule has 1 heteroatoms. The summed E-state index contributed by atoms with van der Waals surface area (Å²) < 4.78 is 0. The van der Waals surface area contributed by atoms with Crippen LogP contribution in [0, 0.1) is 0 Å². The predicted octanol–water partition coefficient (Wildman–Crippen LogP) is 8.98. The zero-order valence-corrected chi connectivity index (χ0v) is 19.3. The summed E-state index contributed by atoms with van der Waals surface area (Å²) in [5, 5.41) is 0. The molecule has 0 fully saturated rings. The second kappa shape index (κ2) is 11.8. The van der Waals surface area contributed by atoms with Gasteiger partial charge >= 0.3 is 0 Å². The van der Waals surface area contributed by atoms with Crippen LogP contribution in [0.3, 0.4) is 0 Å². The van der Waals surface area contributed by atoms with Gasteiger partial charge in [0.2, 0.25) is 0 Å². The van der Waals surface area contributed by atoms with Gasteiger partial charge in [0.15, 0.2) is 0 Å². The lowest BCUT2D eigenvalue weighted by Crippen LogP contribution is -1.97. The Kier molecular flexibility index (Phi) is 8.03. The minimum absolute atomic E-state index is 1.00. The van der Waals surface area contributed by atoms with Crippen LogP contribution in [0.15, 0.2) is 120 Å². The molecule has 0 unspecified atom stereocenters. The summed E-state index contributed by atoms with van der Waals surface area (Å²) in [6.45, 7) is 2.23. The summed E-state index contributed by atoms with van der Waals surface area (Å²) >= 11 is 0. The molecular formula is C32H31N. The van der Waals surface area contributed by atoms with Gasteiger partial charge in [-0.25, -0.2) is 0 Å². The molecule has 0 radical (unpaired) electrons. The van der Waals surface area contributed by atoms with E-state index in [1.54, 1.807) is 0 Å².